The van der Waals surface area contributed by atoms with Crippen LogP contribution in [0.1, 0.15) is 52.5 Å². The van der Waals surface area contributed by atoms with E-state index in [-0.39, 0.29) is 0 Å². The monoisotopic (exact) mass is 350 g/mol. The van der Waals surface area contributed by atoms with E-state index in [1.807, 2.05) is 18.2 Å². The molecule has 1 atom stereocenters. The Labute approximate surface area is 155 Å². The number of benzene rings is 1. The lowest BCUT2D eigenvalue weighted by Crippen LogP contribution is -2.19. The Morgan fingerprint density at radius 3 is 1.88 bits per heavy atom. The van der Waals surface area contributed by atoms with Crippen LogP contribution >= 0.6 is 0 Å². The van der Waals surface area contributed by atoms with E-state index < -0.39 is 0 Å². The molecule has 0 amide bonds. The first-order valence-electron chi connectivity index (χ1n) is 9.85. The molecule has 0 bridgehead atoms. The number of rotatable bonds is 15. The van der Waals surface area contributed by atoms with Crippen molar-refractivity contribution in [3.05, 3.63) is 35.9 Å². The zero-order valence-corrected chi connectivity index (χ0v) is 16.7. The standard InChI is InChI=1S/C22H38O3/c1-19(2)10-13-23-15-12-22(17-24-14-11-20(3)4)18-25-16-21-8-6-5-7-9-21/h5-9,19-20,22H,10-18H2,1-4H3. The average Bonchev–Trinajstić information content (AvgIpc) is 2.58. The lowest BCUT2D eigenvalue weighted by Gasteiger charge is -2.18. The summed E-state index contributed by atoms with van der Waals surface area (Å²) in [6, 6.07) is 10.3. The first-order chi connectivity index (χ1) is 12.1. The van der Waals surface area contributed by atoms with Gasteiger partial charge < -0.3 is 14.2 Å². The molecule has 0 heterocycles. The minimum absolute atomic E-state index is 0.398. The van der Waals surface area contributed by atoms with Gasteiger partial charge >= 0.3 is 0 Å². The minimum Gasteiger partial charge on any atom is -0.381 e. The normalized spacial score (nSPS) is 12.9. The highest BCUT2D eigenvalue weighted by Crippen LogP contribution is 2.10. The molecule has 0 saturated heterocycles. The molecule has 0 fully saturated rings. The first-order valence-corrected chi connectivity index (χ1v) is 9.85. The Kier molecular flexibility index (Phi) is 12.7. The van der Waals surface area contributed by atoms with Gasteiger partial charge in [-0.2, -0.15) is 0 Å². The van der Waals surface area contributed by atoms with E-state index >= 15 is 0 Å². The van der Waals surface area contributed by atoms with Crippen molar-refractivity contribution in [3.63, 3.8) is 0 Å². The van der Waals surface area contributed by atoms with Crippen molar-refractivity contribution in [3.8, 4) is 0 Å². The van der Waals surface area contributed by atoms with Crippen LogP contribution in [0.3, 0.4) is 0 Å². The van der Waals surface area contributed by atoms with Gasteiger partial charge in [0.2, 0.25) is 0 Å². The van der Waals surface area contributed by atoms with Crippen LogP contribution in [-0.4, -0.2) is 33.0 Å². The Morgan fingerprint density at radius 1 is 0.680 bits per heavy atom. The van der Waals surface area contributed by atoms with Gasteiger partial charge in [-0.1, -0.05) is 58.0 Å². The van der Waals surface area contributed by atoms with Crippen molar-refractivity contribution in [1.82, 2.24) is 0 Å². The highest BCUT2D eigenvalue weighted by molar-refractivity contribution is 5.13. The molecule has 1 unspecified atom stereocenters. The van der Waals surface area contributed by atoms with Crippen molar-refractivity contribution >= 4 is 0 Å². The van der Waals surface area contributed by atoms with Crippen LogP contribution in [0.5, 0.6) is 0 Å². The second-order valence-electron chi connectivity index (χ2n) is 7.71. The second-order valence-corrected chi connectivity index (χ2v) is 7.71. The predicted octanol–water partition coefficient (Wildman–Crippen LogP) is 5.33. The molecule has 0 aromatic heterocycles. The molecule has 0 aliphatic carbocycles. The summed E-state index contributed by atoms with van der Waals surface area (Å²) in [7, 11) is 0. The Bertz CT molecular complexity index is 403. The lowest BCUT2D eigenvalue weighted by molar-refractivity contribution is 0.0127. The summed E-state index contributed by atoms with van der Waals surface area (Å²) < 4.78 is 17.6. The van der Waals surface area contributed by atoms with Gasteiger partial charge in [0, 0.05) is 25.7 Å². The van der Waals surface area contributed by atoms with E-state index in [1.54, 1.807) is 0 Å². The average molecular weight is 351 g/mol. The zero-order valence-electron chi connectivity index (χ0n) is 16.7. The Hall–Kier alpha value is -0.900. The Balaban J connectivity index is 2.25. The highest BCUT2D eigenvalue weighted by atomic mass is 16.5. The van der Waals surface area contributed by atoms with Crippen molar-refractivity contribution in [1.29, 1.82) is 0 Å². The summed E-state index contributed by atoms with van der Waals surface area (Å²) in [5.41, 5.74) is 1.22. The second kappa shape index (κ2) is 14.3. The smallest absolute Gasteiger partial charge is 0.0717 e. The highest BCUT2D eigenvalue weighted by Gasteiger charge is 2.10. The molecule has 0 aliphatic rings. The van der Waals surface area contributed by atoms with E-state index in [1.165, 1.54) is 5.56 Å². The molecule has 144 valence electrons. The maximum Gasteiger partial charge on any atom is 0.0717 e. The fraction of sp³-hybridized carbons (Fsp3) is 0.727. The van der Waals surface area contributed by atoms with E-state index in [2.05, 4.69) is 39.8 Å². The minimum atomic E-state index is 0.398. The molecule has 1 rings (SSSR count). The molecule has 0 radical (unpaired) electrons. The predicted molar refractivity (Wildman–Crippen MR) is 105 cm³/mol. The van der Waals surface area contributed by atoms with E-state index in [9.17, 15) is 0 Å². The topological polar surface area (TPSA) is 27.7 Å². The van der Waals surface area contributed by atoms with Crippen molar-refractivity contribution in [2.24, 2.45) is 17.8 Å². The molecule has 25 heavy (non-hydrogen) atoms. The van der Waals surface area contributed by atoms with Crippen LogP contribution < -0.4 is 0 Å². The van der Waals surface area contributed by atoms with Gasteiger partial charge in [-0.05, 0) is 36.7 Å². The summed E-state index contributed by atoms with van der Waals surface area (Å²) >= 11 is 0. The first kappa shape index (κ1) is 22.1. The Morgan fingerprint density at radius 2 is 1.24 bits per heavy atom. The quantitative estimate of drug-likeness (QED) is 0.400. The van der Waals surface area contributed by atoms with E-state index in [0.717, 1.165) is 52.3 Å². The van der Waals surface area contributed by atoms with Crippen molar-refractivity contribution < 1.29 is 14.2 Å². The fourth-order valence-electron chi connectivity index (χ4n) is 2.37. The molecule has 0 saturated carbocycles. The molecule has 3 heteroatoms. The number of hydrogen-bond donors (Lipinski definition) is 0. The summed E-state index contributed by atoms with van der Waals surface area (Å²) in [4.78, 5) is 0. The van der Waals surface area contributed by atoms with Crippen molar-refractivity contribution in [2.75, 3.05) is 33.0 Å². The van der Waals surface area contributed by atoms with Gasteiger partial charge in [0.1, 0.15) is 0 Å². The van der Waals surface area contributed by atoms with Crippen LogP contribution in [0.25, 0.3) is 0 Å². The summed E-state index contributed by atoms with van der Waals surface area (Å²) in [6.45, 7) is 13.5. The van der Waals surface area contributed by atoms with Gasteiger partial charge in [0.25, 0.3) is 0 Å². The molecule has 1 aromatic carbocycles. The SMILES string of the molecule is CC(C)CCOCCC(COCCC(C)C)COCc1ccccc1. The molecule has 3 nitrogen and oxygen atoms in total. The van der Waals surface area contributed by atoms with Crippen LogP contribution in [0, 0.1) is 17.8 Å². The number of ether oxygens (including phenoxy) is 3. The van der Waals surface area contributed by atoms with Crippen molar-refractivity contribution in [2.45, 2.75) is 53.6 Å². The fourth-order valence-corrected chi connectivity index (χ4v) is 2.37. The van der Waals surface area contributed by atoms with Gasteiger partial charge in [-0.3, -0.25) is 0 Å². The van der Waals surface area contributed by atoms with Crippen LogP contribution in [-0.2, 0) is 20.8 Å². The zero-order chi connectivity index (χ0) is 18.3. The van der Waals surface area contributed by atoms with Crippen LogP contribution in [0.4, 0.5) is 0 Å². The van der Waals surface area contributed by atoms with Gasteiger partial charge in [-0.25, -0.2) is 0 Å². The molecule has 0 N–H and O–H groups in total. The third-order valence-electron chi connectivity index (χ3n) is 4.17. The third-order valence-corrected chi connectivity index (χ3v) is 4.17. The van der Waals surface area contributed by atoms with Crippen LogP contribution in [0.2, 0.25) is 0 Å². The summed E-state index contributed by atoms with van der Waals surface area (Å²) in [5, 5.41) is 0. The largest absolute Gasteiger partial charge is 0.381 e. The maximum atomic E-state index is 5.92. The number of hydrogen-bond acceptors (Lipinski definition) is 3. The molecule has 0 aliphatic heterocycles. The molecule has 1 aromatic rings. The van der Waals surface area contributed by atoms with Gasteiger partial charge in [0.05, 0.1) is 19.8 Å². The van der Waals surface area contributed by atoms with Crippen LogP contribution in [0.15, 0.2) is 30.3 Å². The lowest BCUT2D eigenvalue weighted by atomic mass is 10.1. The molecular formula is C22H38O3. The summed E-state index contributed by atoms with van der Waals surface area (Å²) in [6.07, 6.45) is 3.23. The molecular weight excluding hydrogens is 312 g/mol. The molecule has 0 spiro atoms. The van der Waals surface area contributed by atoms with Gasteiger partial charge in [-0.15, -0.1) is 0 Å². The maximum absolute atomic E-state index is 5.92. The van der Waals surface area contributed by atoms with E-state index in [4.69, 9.17) is 14.2 Å². The third kappa shape index (κ3) is 13.0. The summed E-state index contributed by atoms with van der Waals surface area (Å²) in [5.74, 6) is 1.78. The van der Waals surface area contributed by atoms with E-state index in [0.29, 0.717) is 24.4 Å². The van der Waals surface area contributed by atoms with Gasteiger partial charge in [0.15, 0.2) is 0 Å².